The summed E-state index contributed by atoms with van der Waals surface area (Å²) in [5, 5.41) is 2.86. The topological polar surface area (TPSA) is 56.8 Å². The number of benzene rings is 1. The van der Waals surface area contributed by atoms with E-state index in [1.807, 2.05) is 19.1 Å². The van der Waals surface area contributed by atoms with Crippen molar-refractivity contribution in [1.29, 1.82) is 0 Å². The predicted octanol–water partition coefficient (Wildman–Crippen LogP) is 1.67. The van der Waals surface area contributed by atoms with Crippen LogP contribution < -0.4 is 19.5 Å². The third-order valence-electron chi connectivity index (χ3n) is 2.90. The lowest BCUT2D eigenvalue weighted by Gasteiger charge is -2.15. The Bertz CT molecular complexity index is 444. The van der Waals surface area contributed by atoms with Gasteiger partial charge in [-0.2, -0.15) is 0 Å². The molecule has 0 spiro atoms. The number of aryl methyl sites for hydroxylation is 1. The molecule has 0 aromatic heterocycles. The van der Waals surface area contributed by atoms with Crippen LogP contribution in [0.4, 0.5) is 0 Å². The summed E-state index contributed by atoms with van der Waals surface area (Å²) in [7, 11) is 3.12. The summed E-state index contributed by atoms with van der Waals surface area (Å²) in [5.41, 5.74) is 1.00. The highest BCUT2D eigenvalue weighted by Crippen LogP contribution is 2.38. The second-order valence-corrected chi connectivity index (χ2v) is 4.63. The van der Waals surface area contributed by atoms with Crippen LogP contribution in [0.2, 0.25) is 0 Å². The van der Waals surface area contributed by atoms with Crippen molar-refractivity contribution in [1.82, 2.24) is 5.32 Å². The number of carbonyl (C=O) groups excluding carboxylic acids is 1. The van der Waals surface area contributed by atoms with Crippen LogP contribution >= 0.6 is 0 Å². The van der Waals surface area contributed by atoms with Gasteiger partial charge in [0.05, 0.1) is 14.2 Å². The lowest BCUT2D eigenvalue weighted by molar-refractivity contribution is -0.123. The van der Waals surface area contributed by atoms with E-state index in [1.54, 1.807) is 14.2 Å². The van der Waals surface area contributed by atoms with Gasteiger partial charge >= 0.3 is 0 Å². The Labute approximate surface area is 112 Å². The van der Waals surface area contributed by atoms with Crippen LogP contribution in [0.1, 0.15) is 18.4 Å². The molecule has 19 heavy (non-hydrogen) atoms. The van der Waals surface area contributed by atoms with E-state index in [2.05, 4.69) is 5.32 Å². The minimum atomic E-state index is -0.118. The quantitative estimate of drug-likeness (QED) is 0.850. The third-order valence-corrected chi connectivity index (χ3v) is 2.90. The number of carbonyl (C=O) groups is 1. The first kappa shape index (κ1) is 13.5. The van der Waals surface area contributed by atoms with Crippen molar-refractivity contribution in [3.8, 4) is 17.2 Å². The van der Waals surface area contributed by atoms with Crippen LogP contribution in [0.25, 0.3) is 0 Å². The van der Waals surface area contributed by atoms with Crippen molar-refractivity contribution in [2.45, 2.75) is 25.8 Å². The van der Waals surface area contributed by atoms with Gasteiger partial charge in [-0.15, -0.1) is 0 Å². The maximum atomic E-state index is 11.6. The SMILES string of the molecule is COc1cc(C)cc(OC)c1OCC(=O)NC1CC1. The van der Waals surface area contributed by atoms with Gasteiger partial charge in [0.15, 0.2) is 18.1 Å². The normalized spacial score (nSPS) is 13.8. The van der Waals surface area contributed by atoms with Crippen LogP contribution in [0.3, 0.4) is 0 Å². The van der Waals surface area contributed by atoms with Crippen LogP contribution in [0, 0.1) is 6.92 Å². The Morgan fingerprint density at radius 2 is 1.84 bits per heavy atom. The molecule has 1 saturated carbocycles. The minimum absolute atomic E-state index is 0.0354. The Balaban J connectivity index is 2.06. The van der Waals surface area contributed by atoms with Crippen LogP contribution in [0.5, 0.6) is 17.2 Å². The number of nitrogens with one attached hydrogen (secondary N) is 1. The fourth-order valence-electron chi connectivity index (χ4n) is 1.79. The highest BCUT2D eigenvalue weighted by atomic mass is 16.5. The summed E-state index contributed by atoms with van der Waals surface area (Å²) in [6.45, 7) is 1.90. The smallest absolute Gasteiger partial charge is 0.258 e. The molecule has 0 radical (unpaired) electrons. The molecule has 104 valence electrons. The second-order valence-electron chi connectivity index (χ2n) is 4.63. The number of rotatable bonds is 6. The maximum Gasteiger partial charge on any atom is 0.258 e. The van der Waals surface area contributed by atoms with Gasteiger partial charge in [-0.25, -0.2) is 0 Å². The first-order valence-electron chi connectivity index (χ1n) is 6.29. The molecule has 1 N–H and O–H groups in total. The van der Waals surface area contributed by atoms with E-state index in [4.69, 9.17) is 14.2 Å². The van der Waals surface area contributed by atoms with Crippen LogP contribution in [0.15, 0.2) is 12.1 Å². The molecule has 0 saturated heterocycles. The monoisotopic (exact) mass is 265 g/mol. The van der Waals surface area contributed by atoms with Crippen molar-refractivity contribution in [3.05, 3.63) is 17.7 Å². The Morgan fingerprint density at radius 3 is 2.32 bits per heavy atom. The molecule has 1 aliphatic rings. The molecule has 0 aliphatic heterocycles. The standard InChI is InChI=1S/C14H19NO4/c1-9-6-11(17-2)14(12(7-9)18-3)19-8-13(16)15-10-4-5-10/h6-7,10H,4-5,8H2,1-3H3,(H,15,16). The molecule has 5 heteroatoms. The van der Waals surface area contributed by atoms with Crippen molar-refractivity contribution in [3.63, 3.8) is 0 Å². The summed E-state index contributed by atoms with van der Waals surface area (Å²) < 4.78 is 16.0. The summed E-state index contributed by atoms with van der Waals surface area (Å²) in [6, 6.07) is 4.02. The van der Waals surface area contributed by atoms with Gasteiger partial charge < -0.3 is 19.5 Å². The molecule has 0 atom stereocenters. The molecular formula is C14H19NO4. The van der Waals surface area contributed by atoms with E-state index in [0.29, 0.717) is 23.3 Å². The zero-order valence-corrected chi connectivity index (χ0v) is 11.5. The highest BCUT2D eigenvalue weighted by Gasteiger charge is 2.23. The lowest BCUT2D eigenvalue weighted by Crippen LogP contribution is -2.30. The average molecular weight is 265 g/mol. The number of amides is 1. The minimum Gasteiger partial charge on any atom is -0.493 e. The highest BCUT2D eigenvalue weighted by molar-refractivity contribution is 5.78. The second kappa shape index (κ2) is 5.82. The molecule has 1 aliphatic carbocycles. The van der Waals surface area contributed by atoms with E-state index in [-0.39, 0.29) is 12.5 Å². The van der Waals surface area contributed by atoms with Gasteiger partial charge in [0.1, 0.15) is 0 Å². The summed E-state index contributed by atoms with van der Waals surface area (Å²) >= 11 is 0. The maximum absolute atomic E-state index is 11.6. The third kappa shape index (κ3) is 3.53. The number of hydrogen-bond acceptors (Lipinski definition) is 4. The zero-order chi connectivity index (χ0) is 13.8. The van der Waals surface area contributed by atoms with Crippen molar-refractivity contribution in [2.75, 3.05) is 20.8 Å². The van der Waals surface area contributed by atoms with Crippen LogP contribution in [-0.2, 0) is 4.79 Å². The van der Waals surface area contributed by atoms with E-state index in [9.17, 15) is 4.79 Å². The van der Waals surface area contributed by atoms with Crippen molar-refractivity contribution >= 4 is 5.91 Å². The van der Waals surface area contributed by atoms with Gasteiger partial charge in [0.2, 0.25) is 5.75 Å². The molecule has 0 heterocycles. The van der Waals surface area contributed by atoms with E-state index in [1.165, 1.54) is 0 Å². The largest absolute Gasteiger partial charge is 0.493 e. The molecule has 1 fully saturated rings. The summed E-state index contributed by atoms with van der Waals surface area (Å²) in [6.07, 6.45) is 2.12. The Hall–Kier alpha value is -1.91. The van der Waals surface area contributed by atoms with Gasteiger partial charge in [-0.3, -0.25) is 4.79 Å². The fourth-order valence-corrected chi connectivity index (χ4v) is 1.79. The Kier molecular flexibility index (Phi) is 4.14. The van der Waals surface area contributed by atoms with Crippen LogP contribution in [-0.4, -0.2) is 32.8 Å². The molecule has 5 nitrogen and oxygen atoms in total. The molecule has 1 aromatic rings. The van der Waals surface area contributed by atoms with Gasteiger partial charge in [0.25, 0.3) is 5.91 Å². The van der Waals surface area contributed by atoms with E-state index in [0.717, 1.165) is 18.4 Å². The summed E-state index contributed by atoms with van der Waals surface area (Å²) in [4.78, 5) is 11.6. The lowest BCUT2D eigenvalue weighted by atomic mass is 10.2. The van der Waals surface area contributed by atoms with Gasteiger partial charge in [-0.05, 0) is 37.5 Å². The molecule has 0 unspecified atom stereocenters. The number of ether oxygens (including phenoxy) is 3. The summed E-state index contributed by atoms with van der Waals surface area (Å²) in [5.74, 6) is 1.47. The van der Waals surface area contributed by atoms with E-state index >= 15 is 0 Å². The Morgan fingerprint density at radius 1 is 1.26 bits per heavy atom. The molecule has 1 amide bonds. The van der Waals surface area contributed by atoms with Crippen molar-refractivity contribution < 1.29 is 19.0 Å². The fraction of sp³-hybridized carbons (Fsp3) is 0.500. The number of methoxy groups -OCH3 is 2. The van der Waals surface area contributed by atoms with Crippen molar-refractivity contribution in [2.24, 2.45) is 0 Å². The first-order chi connectivity index (χ1) is 9.13. The predicted molar refractivity (Wildman–Crippen MR) is 70.9 cm³/mol. The first-order valence-corrected chi connectivity index (χ1v) is 6.29. The molecular weight excluding hydrogens is 246 g/mol. The van der Waals surface area contributed by atoms with Gasteiger partial charge in [0, 0.05) is 6.04 Å². The van der Waals surface area contributed by atoms with E-state index < -0.39 is 0 Å². The average Bonchev–Trinajstić information content (AvgIpc) is 3.19. The number of hydrogen-bond donors (Lipinski definition) is 1. The molecule has 0 bridgehead atoms. The molecule has 1 aromatic carbocycles. The molecule has 2 rings (SSSR count). The van der Waals surface area contributed by atoms with Gasteiger partial charge in [-0.1, -0.05) is 0 Å². The zero-order valence-electron chi connectivity index (χ0n) is 11.5.